The van der Waals surface area contributed by atoms with Gasteiger partial charge in [-0.15, -0.1) is 0 Å². The molecule has 9 nitrogen and oxygen atoms in total. The first-order valence-electron chi connectivity index (χ1n) is 9.51. The summed E-state index contributed by atoms with van der Waals surface area (Å²) in [6.07, 6.45) is 3.49. The van der Waals surface area contributed by atoms with Crippen LogP contribution in [0.2, 0.25) is 5.02 Å². The zero-order chi connectivity index (χ0) is 22.8. The summed E-state index contributed by atoms with van der Waals surface area (Å²) in [4.78, 5) is 28.2. The molecule has 10 heteroatoms. The molecule has 162 valence electrons. The lowest BCUT2D eigenvalue weighted by Gasteiger charge is -2.16. The number of pyridine rings is 1. The highest BCUT2D eigenvalue weighted by Gasteiger charge is 2.16. The number of hydrogen-bond donors (Lipinski definition) is 4. The van der Waals surface area contributed by atoms with E-state index in [1.165, 1.54) is 23.5 Å². The Morgan fingerprint density at radius 1 is 1.29 bits per heavy atom. The van der Waals surface area contributed by atoms with Crippen molar-refractivity contribution in [2.24, 2.45) is 11.6 Å². The van der Waals surface area contributed by atoms with Crippen LogP contribution >= 0.6 is 11.6 Å². The van der Waals surface area contributed by atoms with Crippen LogP contribution in [0.5, 0.6) is 0 Å². The molecule has 0 aliphatic carbocycles. The molecule has 1 atom stereocenters. The van der Waals surface area contributed by atoms with Crippen molar-refractivity contribution in [3.05, 3.63) is 76.3 Å². The fourth-order valence-corrected chi connectivity index (χ4v) is 2.66. The van der Waals surface area contributed by atoms with Crippen molar-refractivity contribution in [3.63, 3.8) is 0 Å². The standard InChI is InChI=1S/C21H24ClN7O2/c1-2-14-3-5-15(6-4-14)19(11-23)28-20(30)17(24)13-29(25)10-9-26-21(31)18-8-7-16(22)12-27-18/h3-8,12-13,19H,2,9-10,24-25H2,1H3,(H,26,31)(H,28,30)/b17-13-. The summed E-state index contributed by atoms with van der Waals surface area (Å²) in [6, 6.07) is 11.6. The molecule has 1 heterocycles. The van der Waals surface area contributed by atoms with Gasteiger partial charge in [0.15, 0.2) is 0 Å². The minimum absolute atomic E-state index is 0.168. The van der Waals surface area contributed by atoms with Gasteiger partial charge in [0, 0.05) is 18.9 Å². The molecule has 0 fully saturated rings. The van der Waals surface area contributed by atoms with Crippen molar-refractivity contribution in [1.82, 2.24) is 20.6 Å². The first-order chi connectivity index (χ1) is 14.8. The van der Waals surface area contributed by atoms with Gasteiger partial charge in [-0.3, -0.25) is 9.59 Å². The van der Waals surface area contributed by atoms with Crippen LogP contribution in [0.15, 0.2) is 54.5 Å². The lowest BCUT2D eigenvalue weighted by Crippen LogP contribution is -2.38. The lowest BCUT2D eigenvalue weighted by atomic mass is 10.0. The fourth-order valence-electron chi connectivity index (χ4n) is 2.55. The number of benzene rings is 1. The number of halogens is 1. The van der Waals surface area contributed by atoms with E-state index in [9.17, 15) is 14.9 Å². The summed E-state index contributed by atoms with van der Waals surface area (Å²) in [5.41, 5.74) is 7.63. The molecular formula is C21H24ClN7O2. The second-order valence-electron chi connectivity index (χ2n) is 6.57. The van der Waals surface area contributed by atoms with Gasteiger partial charge in [0.05, 0.1) is 17.6 Å². The van der Waals surface area contributed by atoms with E-state index in [1.807, 2.05) is 25.1 Å². The third-order valence-electron chi connectivity index (χ3n) is 4.31. The Hall–Kier alpha value is -3.61. The second-order valence-corrected chi connectivity index (χ2v) is 7.01. The number of aryl methyl sites for hydroxylation is 1. The molecule has 1 aromatic heterocycles. The number of nitrogens with two attached hydrogens (primary N) is 2. The lowest BCUT2D eigenvalue weighted by molar-refractivity contribution is -0.118. The molecule has 1 unspecified atom stereocenters. The highest BCUT2D eigenvalue weighted by Crippen LogP contribution is 2.14. The summed E-state index contributed by atoms with van der Waals surface area (Å²) < 4.78 is 0. The van der Waals surface area contributed by atoms with Gasteiger partial charge in [0.1, 0.15) is 17.4 Å². The normalized spacial score (nSPS) is 11.9. The Labute approximate surface area is 185 Å². The number of aromatic nitrogens is 1. The number of nitrogens with zero attached hydrogens (tertiary/aromatic N) is 3. The zero-order valence-electron chi connectivity index (χ0n) is 17.0. The van der Waals surface area contributed by atoms with Gasteiger partial charge in [0.2, 0.25) is 0 Å². The number of hydrogen-bond acceptors (Lipinski definition) is 7. The number of nitrogens with one attached hydrogen (secondary N) is 2. The third-order valence-corrected chi connectivity index (χ3v) is 4.53. The molecule has 2 rings (SSSR count). The quantitative estimate of drug-likeness (QED) is 0.261. The highest BCUT2D eigenvalue weighted by molar-refractivity contribution is 6.30. The molecule has 31 heavy (non-hydrogen) atoms. The van der Waals surface area contributed by atoms with Crippen LogP contribution < -0.4 is 22.2 Å². The molecule has 0 saturated heterocycles. The van der Waals surface area contributed by atoms with Crippen LogP contribution in [0.25, 0.3) is 0 Å². The van der Waals surface area contributed by atoms with E-state index < -0.39 is 11.9 Å². The maximum absolute atomic E-state index is 12.3. The van der Waals surface area contributed by atoms with Crippen LogP contribution in [-0.4, -0.2) is 34.9 Å². The van der Waals surface area contributed by atoms with Crippen molar-refractivity contribution in [3.8, 4) is 6.07 Å². The molecule has 0 saturated carbocycles. The topological polar surface area (TPSA) is 150 Å². The van der Waals surface area contributed by atoms with Gasteiger partial charge in [0.25, 0.3) is 11.8 Å². The Morgan fingerprint density at radius 2 is 2.00 bits per heavy atom. The second kappa shape index (κ2) is 11.5. The van der Waals surface area contributed by atoms with Crippen molar-refractivity contribution in [2.75, 3.05) is 13.1 Å². The van der Waals surface area contributed by atoms with E-state index in [-0.39, 0.29) is 30.4 Å². The largest absolute Gasteiger partial charge is 0.393 e. The minimum Gasteiger partial charge on any atom is -0.393 e. The number of carbonyl (C=O) groups excluding carboxylic acids is 2. The maximum Gasteiger partial charge on any atom is 0.270 e. The van der Waals surface area contributed by atoms with E-state index in [4.69, 9.17) is 23.2 Å². The molecule has 0 aliphatic rings. The van der Waals surface area contributed by atoms with Crippen LogP contribution in [0, 0.1) is 11.3 Å². The number of rotatable bonds is 9. The molecule has 2 amide bonds. The molecule has 0 spiro atoms. The predicted molar refractivity (Wildman–Crippen MR) is 117 cm³/mol. The Balaban J connectivity index is 1.85. The predicted octanol–water partition coefficient (Wildman–Crippen LogP) is 1.38. The smallest absolute Gasteiger partial charge is 0.270 e. The van der Waals surface area contributed by atoms with Gasteiger partial charge in [-0.25, -0.2) is 10.8 Å². The van der Waals surface area contributed by atoms with Gasteiger partial charge < -0.3 is 21.4 Å². The van der Waals surface area contributed by atoms with E-state index in [2.05, 4.69) is 15.6 Å². The van der Waals surface area contributed by atoms with E-state index in [1.54, 1.807) is 18.2 Å². The zero-order valence-corrected chi connectivity index (χ0v) is 17.8. The van der Waals surface area contributed by atoms with Crippen LogP contribution in [0.3, 0.4) is 0 Å². The molecule has 1 aromatic carbocycles. The van der Waals surface area contributed by atoms with Crippen molar-refractivity contribution < 1.29 is 9.59 Å². The van der Waals surface area contributed by atoms with Crippen molar-refractivity contribution in [2.45, 2.75) is 19.4 Å². The summed E-state index contributed by atoms with van der Waals surface area (Å²) in [7, 11) is 0. The van der Waals surface area contributed by atoms with Crippen molar-refractivity contribution >= 4 is 23.4 Å². The maximum atomic E-state index is 12.3. The average molecular weight is 442 g/mol. The Kier molecular flexibility index (Phi) is 8.81. The Morgan fingerprint density at radius 3 is 2.58 bits per heavy atom. The summed E-state index contributed by atoms with van der Waals surface area (Å²) >= 11 is 5.74. The van der Waals surface area contributed by atoms with Gasteiger partial charge >= 0.3 is 0 Å². The van der Waals surface area contributed by atoms with Gasteiger partial charge in [-0.05, 0) is 29.7 Å². The average Bonchev–Trinajstić information content (AvgIpc) is 2.77. The van der Waals surface area contributed by atoms with Crippen LogP contribution in [0.1, 0.15) is 34.6 Å². The fraction of sp³-hybridized carbons (Fsp3) is 0.238. The summed E-state index contributed by atoms with van der Waals surface area (Å²) in [6.45, 7) is 2.41. The third kappa shape index (κ3) is 7.29. The summed E-state index contributed by atoms with van der Waals surface area (Å²) in [5, 5.41) is 16.2. The molecule has 6 N–H and O–H groups in total. The molecule has 2 aromatic rings. The van der Waals surface area contributed by atoms with Gasteiger partial charge in [-0.2, -0.15) is 5.26 Å². The van der Waals surface area contributed by atoms with Gasteiger partial charge in [-0.1, -0.05) is 42.8 Å². The van der Waals surface area contributed by atoms with Crippen molar-refractivity contribution in [1.29, 1.82) is 5.26 Å². The molecule has 0 radical (unpaired) electrons. The highest BCUT2D eigenvalue weighted by atomic mass is 35.5. The van der Waals surface area contributed by atoms with E-state index in [0.29, 0.717) is 10.6 Å². The van der Waals surface area contributed by atoms with Crippen LogP contribution in [0.4, 0.5) is 0 Å². The van der Waals surface area contributed by atoms with E-state index >= 15 is 0 Å². The number of carbonyl (C=O) groups is 2. The Bertz CT molecular complexity index is 969. The molecule has 0 aliphatic heterocycles. The number of hydrazine groups is 1. The number of amides is 2. The molecular weight excluding hydrogens is 418 g/mol. The SMILES string of the molecule is CCc1ccc(C(C#N)NC(=O)/C(N)=C/N(N)CCNC(=O)c2ccc(Cl)cn2)cc1. The minimum atomic E-state index is -0.845. The molecule has 0 bridgehead atoms. The summed E-state index contributed by atoms with van der Waals surface area (Å²) in [5.74, 6) is 4.80. The first-order valence-corrected chi connectivity index (χ1v) is 9.89. The first kappa shape index (κ1) is 23.7. The van der Waals surface area contributed by atoms with E-state index in [0.717, 1.165) is 12.0 Å². The monoisotopic (exact) mass is 441 g/mol. The van der Waals surface area contributed by atoms with Crippen LogP contribution in [-0.2, 0) is 11.2 Å². The number of nitriles is 1.